The van der Waals surface area contributed by atoms with Crippen LogP contribution in [-0.4, -0.2) is 67.1 Å². The van der Waals surface area contributed by atoms with E-state index in [4.69, 9.17) is 9.90 Å². The summed E-state index contributed by atoms with van der Waals surface area (Å²) in [6.45, 7) is 2.71. The number of carbonyl (C=O) groups excluding carboxylic acids is 1. The molecule has 2 atom stereocenters. The maximum atomic E-state index is 13.7. The molecular weight excluding hydrogens is 556 g/mol. The molecule has 0 radical (unpaired) electrons. The van der Waals surface area contributed by atoms with E-state index in [0.717, 1.165) is 27.7 Å². The molecule has 1 aliphatic rings. The van der Waals surface area contributed by atoms with Crippen molar-refractivity contribution in [3.63, 3.8) is 0 Å². The third kappa shape index (κ3) is 6.92. The summed E-state index contributed by atoms with van der Waals surface area (Å²) in [5, 5.41) is 25.2. The second-order valence-electron chi connectivity index (χ2n) is 10.1. The van der Waals surface area contributed by atoms with Gasteiger partial charge in [-0.05, 0) is 55.2 Å². The highest BCUT2D eigenvalue weighted by atomic mass is 32.2. The van der Waals surface area contributed by atoms with Crippen LogP contribution >= 0.6 is 0 Å². The summed E-state index contributed by atoms with van der Waals surface area (Å²) in [5.41, 5.74) is 4.50. The van der Waals surface area contributed by atoms with Gasteiger partial charge < -0.3 is 25.4 Å². The number of para-hydroxylation sites is 1. The lowest BCUT2D eigenvalue weighted by Gasteiger charge is -2.26. The van der Waals surface area contributed by atoms with Crippen molar-refractivity contribution in [1.82, 2.24) is 9.88 Å². The first-order valence-electron chi connectivity index (χ1n) is 13.7. The van der Waals surface area contributed by atoms with E-state index in [0.29, 0.717) is 30.6 Å². The molecule has 5 rings (SSSR count). The van der Waals surface area contributed by atoms with Crippen LogP contribution in [-0.2, 0) is 34.2 Å². The molecule has 42 heavy (non-hydrogen) atoms. The van der Waals surface area contributed by atoms with Gasteiger partial charge in [0.25, 0.3) is 12.4 Å². The smallest absolute Gasteiger partial charge is 0.290 e. The summed E-state index contributed by atoms with van der Waals surface area (Å²) in [7, 11) is -1.97. The van der Waals surface area contributed by atoms with E-state index in [1.165, 1.54) is 4.31 Å². The number of carboxylic acid groups (broad SMARTS) is 1. The average Bonchev–Trinajstić information content (AvgIpc) is 3.32. The second-order valence-corrected chi connectivity index (χ2v) is 12.2. The molecule has 11 heteroatoms. The van der Waals surface area contributed by atoms with Gasteiger partial charge in [0.2, 0.25) is 10.0 Å². The molecule has 0 saturated heterocycles. The highest BCUT2D eigenvalue weighted by Crippen LogP contribution is 2.37. The number of aromatic nitrogens is 1. The number of aryl methyl sites for hydroxylation is 2. The Morgan fingerprint density at radius 3 is 2.36 bits per heavy atom. The van der Waals surface area contributed by atoms with Gasteiger partial charge in [-0.1, -0.05) is 48.5 Å². The van der Waals surface area contributed by atoms with E-state index in [1.807, 2.05) is 79.9 Å². The van der Waals surface area contributed by atoms with E-state index in [2.05, 4.69) is 15.2 Å². The van der Waals surface area contributed by atoms with Crippen LogP contribution in [0, 0.1) is 0 Å². The Balaban J connectivity index is 0.00000129. The van der Waals surface area contributed by atoms with E-state index >= 15 is 0 Å². The van der Waals surface area contributed by atoms with Crippen LogP contribution in [0.3, 0.4) is 0 Å². The Morgan fingerprint density at radius 2 is 1.71 bits per heavy atom. The minimum atomic E-state index is -3.51. The van der Waals surface area contributed by atoms with Gasteiger partial charge in [-0.2, -0.15) is 0 Å². The highest BCUT2D eigenvalue weighted by molar-refractivity contribution is 7.92. The zero-order chi connectivity index (χ0) is 30.3. The van der Waals surface area contributed by atoms with Crippen LogP contribution in [0.25, 0.3) is 10.9 Å². The summed E-state index contributed by atoms with van der Waals surface area (Å²) < 4.78 is 29.1. The molecule has 1 aromatic heterocycles. The first-order chi connectivity index (χ1) is 20.2. The molecule has 4 N–H and O–H groups in total. The fourth-order valence-corrected chi connectivity index (χ4v) is 6.36. The zero-order valence-corrected chi connectivity index (χ0v) is 24.4. The number of hydrogen-bond donors (Lipinski definition) is 4. The minimum Gasteiger partial charge on any atom is -0.483 e. The fourth-order valence-electron chi connectivity index (χ4n) is 5.17. The molecule has 0 unspecified atom stereocenters. The lowest BCUT2D eigenvalue weighted by molar-refractivity contribution is -0.122. The first kappa shape index (κ1) is 30.6. The summed E-state index contributed by atoms with van der Waals surface area (Å²) in [6, 6.07) is 22.2. The Morgan fingerprint density at radius 1 is 1.07 bits per heavy atom. The number of rotatable bonds is 9. The molecule has 0 bridgehead atoms. The Bertz CT molecular complexity index is 1620. The van der Waals surface area contributed by atoms with E-state index in [9.17, 15) is 18.3 Å². The largest absolute Gasteiger partial charge is 0.483 e. The van der Waals surface area contributed by atoms with E-state index in [1.54, 1.807) is 13.1 Å². The van der Waals surface area contributed by atoms with Gasteiger partial charge >= 0.3 is 0 Å². The second kappa shape index (κ2) is 13.5. The first-order valence-corrected chi connectivity index (χ1v) is 15.3. The SMILES string of the molecule is CCn1cc2c3c(cc(C(=O)N[C@@H](Cc4ccccc4)[C@H](O)CNc4ccccc4)cc31)N(C)S(=O)(=O)CC2.O=CO. The van der Waals surface area contributed by atoms with Crippen LogP contribution in [0.1, 0.15) is 28.4 Å². The minimum absolute atomic E-state index is 0.0162. The third-order valence-corrected chi connectivity index (χ3v) is 9.15. The van der Waals surface area contributed by atoms with Crippen molar-refractivity contribution >= 4 is 44.7 Å². The zero-order valence-electron chi connectivity index (χ0n) is 23.6. The number of anilines is 2. The lowest BCUT2D eigenvalue weighted by Crippen LogP contribution is -2.47. The number of nitrogens with one attached hydrogen (secondary N) is 2. The van der Waals surface area contributed by atoms with Gasteiger partial charge in [-0.3, -0.25) is 13.9 Å². The van der Waals surface area contributed by atoms with Crippen molar-refractivity contribution in [2.24, 2.45) is 0 Å². The van der Waals surface area contributed by atoms with Crippen LogP contribution in [0.4, 0.5) is 11.4 Å². The monoisotopic (exact) mass is 592 g/mol. The molecule has 4 aromatic rings. The van der Waals surface area contributed by atoms with Crippen LogP contribution < -0.4 is 14.9 Å². The third-order valence-electron chi connectivity index (χ3n) is 7.40. The predicted octanol–water partition coefficient (Wildman–Crippen LogP) is 3.50. The molecule has 0 saturated carbocycles. The van der Waals surface area contributed by atoms with Crippen LogP contribution in [0.2, 0.25) is 0 Å². The maximum Gasteiger partial charge on any atom is 0.290 e. The van der Waals surface area contributed by atoms with Crippen molar-refractivity contribution in [2.45, 2.75) is 38.5 Å². The summed E-state index contributed by atoms with van der Waals surface area (Å²) in [6.07, 6.45) is 1.97. The normalized spacial score (nSPS) is 15.1. The summed E-state index contributed by atoms with van der Waals surface area (Å²) in [4.78, 5) is 22.1. The number of aliphatic hydroxyl groups is 1. The van der Waals surface area contributed by atoms with Crippen molar-refractivity contribution in [1.29, 1.82) is 0 Å². The molecule has 0 fully saturated rings. The van der Waals surface area contributed by atoms with Crippen molar-refractivity contribution in [3.8, 4) is 0 Å². The molecule has 222 valence electrons. The standard InChI is InChI=1S/C30H34N4O4S.CH2O2/c1-3-34-20-22-14-15-39(37,38)33(2)26-17-23(18-27(34)29(22)26)30(36)32-25(16-21-10-6-4-7-11-21)28(35)19-31-24-12-8-5-9-13-24;2-1-3/h4-13,17-18,20,25,28,31,35H,3,14-16,19H2,1-2H3,(H,32,36);1H,(H,2,3)/t25-,28+;/m0./s1. The predicted molar refractivity (Wildman–Crippen MR) is 165 cm³/mol. The number of nitrogens with zero attached hydrogens (tertiary/aromatic N) is 2. The van der Waals surface area contributed by atoms with Gasteiger partial charge in [-0.15, -0.1) is 0 Å². The highest BCUT2D eigenvalue weighted by Gasteiger charge is 2.29. The van der Waals surface area contributed by atoms with E-state index in [-0.39, 0.29) is 24.7 Å². The maximum absolute atomic E-state index is 13.7. The van der Waals surface area contributed by atoms with Crippen LogP contribution in [0.5, 0.6) is 0 Å². The number of carbonyl (C=O) groups is 2. The Kier molecular flexibility index (Phi) is 9.87. The van der Waals surface area contributed by atoms with Crippen LogP contribution in [0.15, 0.2) is 79.0 Å². The number of sulfonamides is 1. The molecule has 1 amide bonds. The van der Waals surface area contributed by atoms with Gasteiger partial charge in [0.05, 0.1) is 29.1 Å². The summed E-state index contributed by atoms with van der Waals surface area (Å²) in [5.74, 6) is -0.351. The van der Waals surface area contributed by atoms with Crippen molar-refractivity contribution < 1.29 is 28.2 Å². The Hall–Kier alpha value is -4.35. The molecule has 0 spiro atoms. The molecule has 1 aliphatic heterocycles. The molecule has 3 aromatic carbocycles. The van der Waals surface area contributed by atoms with Gasteiger partial charge in [0, 0.05) is 43.0 Å². The van der Waals surface area contributed by atoms with Gasteiger partial charge in [0.15, 0.2) is 0 Å². The number of aliphatic hydroxyl groups excluding tert-OH is 1. The molecule has 2 heterocycles. The van der Waals surface area contributed by atoms with Crippen molar-refractivity contribution in [3.05, 3.63) is 95.7 Å². The number of hydrogen-bond acceptors (Lipinski definition) is 6. The Labute approximate surface area is 245 Å². The van der Waals surface area contributed by atoms with Gasteiger partial charge in [0.1, 0.15) is 0 Å². The fraction of sp³-hybridized carbons (Fsp3) is 0.290. The lowest BCUT2D eigenvalue weighted by atomic mass is 10.00. The van der Waals surface area contributed by atoms with E-state index < -0.39 is 22.2 Å². The molecular formula is C31H36N4O6S. The number of benzene rings is 3. The number of amides is 1. The average molecular weight is 593 g/mol. The topological polar surface area (TPSA) is 141 Å². The molecule has 0 aliphatic carbocycles. The quantitative estimate of drug-likeness (QED) is 0.218. The van der Waals surface area contributed by atoms with Gasteiger partial charge in [-0.25, -0.2) is 8.42 Å². The molecule has 10 nitrogen and oxygen atoms in total. The summed E-state index contributed by atoms with van der Waals surface area (Å²) >= 11 is 0. The van der Waals surface area contributed by atoms with Crippen molar-refractivity contribution in [2.75, 3.05) is 29.0 Å².